The number of benzene rings is 1. The molecule has 3 aromatic rings. The number of nitrogens with zero attached hydrogens (tertiary/aromatic N) is 3. The molecule has 1 unspecified atom stereocenters. The number of ether oxygens (including phenoxy) is 1. The van der Waals surface area contributed by atoms with Crippen LogP contribution in [0.15, 0.2) is 60.8 Å². The second kappa shape index (κ2) is 9.20. The zero-order valence-electron chi connectivity index (χ0n) is 15.8. The predicted molar refractivity (Wildman–Crippen MR) is 111 cm³/mol. The number of carbonyl (C=O) groups excluding carboxylic acids is 1. The summed E-state index contributed by atoms with van der Waals surface area (Å²) in [5, 5.41) is 14.0. The highest BCUT2D eigenvalue weighted by Crippen LogP contribution is 2.32. The molecule has 3 rings (SSSR count). The molecule has 148 valence electrons. The van der Waals surface area contributed by atoms with Crippen LogP contribution in [0.5, 0.6) is 0 Å². The first-order valence-electron chi connectivity index (χ1n) is 8.87. The van der Waals surface area contributed by atoms with Crippen molar-refractivity contribution in [1.82, 2.24) is 9.97 Å². The zero-order valence-corrected chi connectivity index (χ0v) is 16.6. The topological polar surface area (TPSA) is 95.2 Å². The van der Waals surface area contributed by atoms with E-state index in [0.717, 1.165) is 16.1 Å². The highest BCUT2D eigenvalue weighted by atomic mass is 32.1. The van der Waals surface area contributed by atoms with Crippen molar-refractivity contribution in [3.8, 4) is 10.6 Å². The summed E-state index contributed by atoms with van der Waals surface area (Å²) in [6.45, 7) is 5.47. The average molecular weight is 409 g/mol. The Labute approximate surface area is 171 Å². The third-order valence-corrected chi connectivity index (χ3v) is 5.20. The van der Waals surface area contributed by atoms with E-state index in [1.165, 1.54) is 23.5 Å². The van der Waals surface area contributed by atoms with Crippen molar-refractivity contribution < 1.29 is 14.5 Å². The van der Waals surface area contributed by atoms with Crippen molar-refractivity contribution in [2.75, 3.05) is 6.61 Å². The molecule has 0 aliphatic heterocycles. The minimum absolute atomic E-state index is 0.0262. The summed E-state index contributed by atoms with van der Waals surface area (Å²) in [7, 11) is 0. The van der Waals surface area contributed by atoms with E-state index in [4.69, 9.17) is 4.74 Å². The molecule has 0 aliphatic rings. The van der Waals surface area contributed by atoms with E-state index < -0.39 is 16.8 Å². The molecule has 0 saturated carbocycles. The molecule has 2 aromatic heterocycles. The Morgan fingerprint density at radius 2 is 2.10 bits per heavy atom. The van der Waals surface area contributed by atoms with Crippen LogP contribution in [0.4, 0.5) is 5.69 Å². The molecule has 0 aliphatic carbocycles. The highest BCUT2D eigenvalue weighted by molar-refractivity contribution is 7.13. The van der Waals surface area contributed by atoms with E-state index in [-0.39, 0.29) is 18.7 Å². The molecule has 29 heavy (non-hydrogen) atoms. The fraction of sp³-hybridized carbons (Fsp3) is 0.190. The average Bonchev–Trinajstić information content (AvgIpc) is 3.20. The van der Waals surface area contributed by atoms with Gasteiger partial charge in [-0.05, 0) is 31.5 Å². The Morgan fingerprint density at radius 1 is 1.34 bits per heavy atom. The monoisotopic (exact) mass is 409 g/mol. The van der Waals surface area contributed by atoms with Crippen LogP contribution in [-0.4, -0.2) is 27.5 Å². The van der Waals surface area contributed by atoms with Crippen LogP contribution in [0, 0.1) is 17.0 Å². The number of nitro groups is 1. The summed E-state index contributed by atoms with van der Waals surface area (Å²) in [4.78, 5) is 32.3. The zero-order chi connectivity index (χ0) is 20.8. The summed E-state index contributed by atoms with van der Waals surface area (Å²) in [6.07, 6.45) is 4.94. The number of hydrogen-bond donors (Lipinski definition) is 0. The summed E-state index contributed by atoms with van der Waals surface area (Å²) in [5.74, 6) is -1.26. The molecule has 7 nitrogen and oxygen atoms in total. The van der Waals surface area contributed by atoms with Crippen LogP contribution in [0.1, 0.15) is 22.7 Å². The van der Waals surface area contributed by atoms with E-state index >= 15 is 0 Å². The lowest BCUT2D eigenvalue weighted by Crippen LogP contribution is -2.19. The Bertz CT molecular complexity index is 1030. The van der Waals surface area contributed by atoms with E-state index in [0.29, 0.717) is 11.3 Å². The summed E-state index contributed by atoms with van der Waals surface area (Å²) in [5.41, 5.74) is 2.72. The molecular weight excluding hydrogens is 390 g/mol. The molecule has 0 spiro atoms. The van der Waals surface area contributed by atoms with Gasteiger partial charge in [-0.1, -0.05) is 24.3 Å². The Morgan fingerprint density at radius 3 is 2.79 bits per heavy atom. The summed E-state index contributed by atoms with van der Waals surface area (Å²) < 4.78 is 5.25. The largest absolute Gasteiger partial charge is 0.461 e. The molecule has 0 fully saturated rings. The van der Waals surface area contributed by atoms with Crippen molar-refractivity contribution in [3.05, 3.63) is 87.7 Å². The van der Waals surface area contributed by atoms with Gasteiger partial charge in [0.25, 0.3) is 5.69 Å². The number of carbonyl (C=O) groups is 1. The van der Waals surface area contributed by atoms with Crippen LogP contribution in [0.2, 0.25) is 0 Å². The van der Waals surface area contributed by atoms with Crippen LogP contribution in [-0.2, 0) is 16.0 Å². The van der Waals surface area contributed by atoms with Gasteiger partial charge in [-0.15, -0.1) is 11.3 Å². The van der Waals surface area contributed by atoms with Crippen molar-refractivity contribution >= 4 is 23.0 Å². The van der Waals surface area contributed by atoms with Crippen molar-refractivity contribution in [2.24, 2.45) is 0 Å². The third-order valence-electron chi connectivity index (χ3n) is 4.29. The number of esters is 1. The van der Waals surface area contributed by atoms with Gasteiger partial charge in [-0.3, -0.25) is 19.9 Å². The second-order valence-electron chi connectivity index (χ2n) is 6.38. The van der Waals surface area contributed by atoms with Gasteiger partial charge in [0, 0.05) is 35.0 Å². The van der Waals surface area contributed by atoms with Gasteiger partial charge in [0.2, 0.25) is 0 Å². The molecule has 0 amide bonds. The summed E-state index contributed by atoms with van der Waals surface area (Å²) >= 11 is 1.40. The van der Waals surface area contributed by atoms with Crippen molar-refractivity contribution in [2.45, 2.75) is 19.3 Å². The van der Waals surface area contributed by atoms with Gasteiger partial charge < -0.3 is 4.74 Å². The number of aromatic nitrogens is 2. The van der Waals surface area contributed by atoms with Crippen LogP contribution in [0.25, 0.3) is 10.6 Å². The van der Waals surface area contributed by atoms with Gasteiger partial charge in [0.1, 0.15) is 17.5 Å². The number of rotatable bonds is 8. The molecule has 0 radical (unpaired) electrons. The van der Waals surface area contributed by atoms with Crippen LogP contribution in [0.3, 0.4) is 0 Å². The first kappa shape index (κ1) is 20.3. The number of pyridine rings is 1. The number of hydrogen-bond acceptors (Lipinski definition) is 7. The fourth-order valence-electron chi connectivity index (χ4n) is 2.90. The molecule has 1 atom stereocenters. The van der Waals surface area contributed by atoms with Gasteiger partial charge >= 0.3 is 5.97 Å². The number of nitro benzene ring substituents is 1. The predicted octanol–water partition coefficient (Wildman–Crippen LogP) is 4.48. The standard InChI is InChI=1S/C21H19N3O4S/c1-3-10-28-21(25)17(12-16-11-14(2)4-5-19(16)24(26)27)18-13-29-20(23-18)15-6-8-22-9-7-15/h3-9,11,13,17H,1,10,12H2,2H3. The quantitative estimate of drug-likeness (QED) is 0.236. The minimum Gasteiger partial charge on any atom is -0.461 e. The summed E-state index contributed by atoms with van der Waals surface area (Å²) in [6, 6.07) is 8.53. The number of thiazole rings is 1. The van der Waals surface area contributed by atoms with Gasteiger partial charge in [0.05, 0.1) is 10.6 Å². The second-order valence-corrected chi connectivity index (χ2v) is 7.24. The molecule has 1 aromatic carbocycles. The maximum absolute atomic E-state index is 12.7. The van der Waals surface area contributed by atoms with Gasteiger partial charge in [0.15, 0.2) is 0 Å². The van der Waals surface area contributed by atoms with E-state index in [1.807, 2.05) is 19.1 Å². The molecule has 0 saturated heterocycles. The SMILES string of the molecule is C=CCOC(=O)C(Cc1cc(C)ccc1[N+](=O)[O-])c1csc(-c2ccncc2)n1. The lowest BCUT2D eigenvalue weighted by atomic mass is 9.94. The minimum atomic E-state index is -0.762. The highest BCUT2D eigenvalue weighted by Gasteiger charge is 2.28. The van der Waals surface area contributed by atoms with Gasteiger partial charge in [-0.25, -0.2) is 4.98 Å². The third kappa shape index (κ3) is 4.91. The van der Waals surface area contributed by atoms with Crippen LogP contribution < -0.4 is 0 Å². The maximum Gasteiger partial charge on any atom is 0.315 e. The van der Waals surface area contributed by atoms with Gasteiger partial charge in [-0.2, -0.15) is 0 Å². The molecule has 2 heterocycles. The van der Waals surface area contributed by atoms with E-state index in [1.54, 1.807) is 29.9 Å². The fourth-order valence-corrected chi connectivity index (χ4v) is 3.78. The van der Waals surface area contributed by atoms with Crippen molar-refractivity contribution in [1.29, 1.82) is 0 Å². The number of aryl methyl sites for hydroxylation is 1. The Balaban J connectivity index is 1.97. The molecule has 0 N–H and O–H groups in total. The smallest absolute Gasteiger partial charge is 0.315 e. The Hall–Kier alpha value is -3.39. The Kier molecular flexibility index (Phi) is 6.46. The van der Waals surface area contributed by atoms with Crippen molar-refractivity contribution in [3.63, 3.8) is 0 Å². The molecule has 0 bridgehead atoms. The maximum atomic E-state index is 12.7. The molecule has 8 heteroatoms. The van der Waals surface area contributed by atoms with E-state index in [2.05, 4.69) is 16.5 Å². The first-order chi connectivity index (χ1) is 14.0. The van der Waals surface area contributed by atoms with Crippen LogP contribution >= 0.6 is 11.3 Å². The molecular formula is C21H19N3O4S. The normalized spacial score (nSPS) is 11.6. The van der Waals surface area contributed by atoms with E-state index in [9.17, 15) is 14.9 Å². The lowest BCUT2D eigenvalue weighted by Gasteiger charge is -2.14. The first-order valence-corrected chi connectivity index (χ1v) is 9.75. The lowest BCUT2D eigenvalue weighted by molar-refractivity contribution is -0.385.